The largest absolute Gasteiger partial charge is 0.465 e. The van der Waals surface area contributed by atoms with Crippen LogP contribution in [0, 0.1) is 11.3 Å². The van der Waals surface area contributed by atoms with Gasteiger partial charge in [0.1, 0.15) is 12.1 Å². The molecule has 2 N–H and O–H groups in total. The van der Waals surface area contributed by atoms with Gasteiger partial charge in [0.2, 0.25) is 0 Å². The highest BCUT2D eigenvalue weighted by Crippen LogP contribution is 2.28. The number of H-pyrrole nitrogens is 1. The standard InChI is InChI=1S/C19H25N7O3/c1-24-8-2-3-14(24)12-29-18-22-15-5-7-21-16(15)17(23-18)25-9-10-26(19(27)28)13(11-25)4-6-20/h5,7,13-14,21H,2-4,8-12H2,1H3,(H,27,28)/t13-,14-/m0/s1. The fourth-order valence-corrected chi connectivity index (χ4v) is 4.14. The van der Waals surface area contributed by atoms with E-state index in [1.54, 1.807) is 6.20 Å². The van der Waals surface area contributed by atoms with Crippen molar-refractivity contribution in [3.63, 3.8) is 0 Å². The van der Waals surface area contributed by atoms with Crippen LogP contribution in [0.4, 0.5) is 10.6 Å². The molecular formula is C19H25N7O3. The molecule has 2 atom stereocenters. The maximum atomic E-state index is 11.5. The molecule has 0 radical (unpaired) electrons. The molecule has 0 aromatic carbocycles. The van der Waals surface area contributed by atoms with E-state index >= 15 is 0 Å². The molecule has 10 nitrogen and oxygen atoms in total. The van der Waals surface area contributed by atoms with Crippen molar-refractivity contribution < 1.29 is 14.6 Å². The molecule has 29 heavy (non-hydrogen) atoms. The maximum absolute atomic E-state index is 11.5. The van der Waals surface area contributed by atoms with Gasteiger partial charge in [-0.3, -0.25) is 0 Å². The average molecular weight is 399 g/mol. The molecule has 0 aliphatic carbocycles. The summed E-state index contributed by atoms with van der Waals surface area (Å²) in [6, 6.07) is 4.25. The van der Waals surface area contributed by atoms with Crippen molar-refractivity contribution >= 4 is 22.9 Å². The molecule has 0 unspecified atom stereocenters. The Labute approximate surface area is 168 Å². The molecule has 0 saturated carbocycles. The number of piperazine rings is 1. The van der Waals surface area contributed by atoms with Crippen molar-refractivity contribution in [2.75, 3.05) is 44.7 Å². The number of likely N-dealkylation sites (N-methyl/N-ethyl adjacent to an activating group) is 1. The normalized spacial score (nSPS) is 22.8. The first-order chi connectivity index (χ1) is 14.1. The Kier molecular flexibility index (Phi) is 5.40. The van der Waals surface area contributed by atoms with Crippen LogP contribution in [0.1, 0.15) is 19.3 Å². The zero-order chi connectivity index (χ0) is 20.4. The van der Waals surface area contributed by atoms with Crippen molar-refractivity contribution in [3.05, 3.63) is 12.3 Å². The van der Waals surface area contributed by atoms with Gasteiger partial charge >= 0.3 is 12.1 Å². The lowest BCUT2D eigenvalue weighted by atomic mass is 10.1. The number of fused-ring (bicyclic) bond motifs is 1. The zero-order valence-corrected chi connectivity index (χ0v) is 16.4. The molecule has 1 amide bonds. The number of likely N-dealkylation sites (tertiary alicyclic amines) is 1. The van der Waals surface area contributed by atoms with Crippen LogP contribution >= 0.6 is 0 Å². The first-order valence-electron chi connectivity index (χ1n) is 9.86. The predicted octanol–water partition coefficient (Wildman–Crippen LogP) is 1.51. The van der Waals surface area contributed by atoms with Gasteiger partial charge in [0, 0.05) is 31.9 Å². The van der Waals surface area contributed by atoms with Crippen molar-refractivity contribution in [3.8, 4) is 12.1 Å². The van der Waals surface area contributed by atoms with Gasteiger partial charge in [-0.1, -0.05) is 0 Å². The summed E-state index contributed by atoms with van der Waals surface area (Å²) in [4.78, 5) is 29.4. The lowest BCUT2D eigenvalue weighted by Crippen LogP contribution is -2.55. The Bertz CT molecular complexity index is 924. The van der Waals surface area contributed by atoms with Crippen LogP contribution in [-0.4, -0.2) is 87.9 Å². The zero-order valence-electron chi connectivity index (χ0n) is 16.4. The Morgan fingerprint density at radius 1 is 1.38 bits per heavy atom. The first-order valence-corrected chi connectivity index (χ1v) is 9.86. The van der Waals surface area contributed by atoms with E-state index in [4.69, 9.17) is 10.00 Å². The van der Waals surface area contributed by atoms with Crippen LogP contribution in [-0.2, 0) is 0 Å². The number of rotatable bonds is 5. The van der Waals surface area contributed by atoms with Gasteiger partial charge in [0.15, 0.2) is 5.82 Å². The van der Waals surface area contributed by atoms with E-state index in [0.29, 0.717) is 44.1 Å². The van der Waals surface area contributed by atoms with Gasteiger partial charge in [-0.2, -0.15) is 15.2 Å². The Morgan fingerprint density at radius 2 is 2.24 bits per heavy atom. The molecule has 154 valence electrons. The fourth-order valence-electron chi connectivity index (χ4n) is 4.14. The molecule has 2 fully saturated rings. The van der Waals surface area contributed by atoms with Gasteiger partial charge in [-0.25, -0.2) is 4.79 Å². The highest BCUT2D eigenvalue weighted by Gasteiger charge is 2.32. The van der Waals surface area contributed by atoms with E-state index < -0.39 is 12.1 Å². The van der Waals surface area contributed by atoms with Crippen LogP contribution in [0.5, 0.6) is 6.01 Å². The molecule has 0 spiro atoms. The lowest BCUT2D eigenvalue weighted by molar-refractivity contribution is 0.119. The second-order valence-electron chi connectivity index (χ2n) is 7.59. The number of hydrogen-bond donors (Lipinski definition) is 2. The number of ether oxygens (including phenoxy) is 1. The van der Waals surface area contributed by atoms with Crippen LogP contribution in [0.2, 0.25) is 0 Å². The second-order valence-corrected chi connectivity index (χ2v) is 7.59. The molecule has 2 aliphatic rings. The minimum Gasteiger partial charge on any atom is -0.465 e. The number of nitrogens with zero attached hydrogens (tertiary/aromatic N) is 6. The van der Waals surface area contributed by atoms with Crippen LogP contribution in [0.15, 0.2) is 12.3 Å². The summed E-state index contributed by atoms with van der Waals surface area (Å²) in [5.41, 5.74) is 1.54. The average Bonchev–Trinajstić information content (AvgIpc) is 3.34. The van der Waals surface area contributed by atoms with Crippen molar-refractivity contribution in [2.45, 2.75) is 31.3 Å². The number of aromatic amines is 1. The van der Waals surface area contributed by atoms with E-state index in [9.17, 15) is 9.90 Å². The summed E-state index contributed by atoms with van der Waals surface area (Å²) < 4.78 is 5.94. The van der Waals surface area contributed by atoms with Crippen LogP contribution < -0.4 is 9.64 Å². The number of hydrogen-bond acceptors (Lipinski definition) is 7. The highest BCUT2D eigenvalue weighted by molar-refractivity contribution is 5.86. The molecule has 4 rings (SSSR count). The molecule has 0 bridgehead atoms. The van der Waals surface area contributed by atoms with E-state index in [1.807, 2.05) is 11.0 Å². The topological polar surface area (TPSA) is 122 Å². The highest BCUT2D eigenvalue weighted by atomic mass is 16.5. The van der Waals surface area contributed by atoms with E-state index in [2.05, 4.69) is 33.0 Å². The van der Waals surface area contributed by atoms with Crippen molar-refractivity contribution in [1.29, 1.82) is 5.26 Å². The lowest BCUT2D eigenvalue weighted by Gasteiger charge is -2.39. The smallest absolute Gasteiger partial charge is 0.407 e. The minimum absolute atomic E-state index is 0.138. The number of carboxylic acid groups (broad SMARTS) is 1. The summed E-state index contributed by atoms with van der Waals surface area (Å²) >= 11 is 0. The number of nitrogens with one attached hydrogen (secondary N) is 1. The number of anilines is 1. The monoisotopic (exact) mass is 399 g/mol. The second kappa shape index (κ2) is 8.13. The van der Waals surface area contributed by atoms with E-state index in [-0.39, 0.29) is 6.42 Å². The third-order valence-electron chi connectivity index (χ3n) is 5.80. The minimum atomic E-state index is -0.998. The summed E-state index contributed by atoms with van der Waals surface area (Å²) in [6.45, 7) is 2.82. The number of aromatic nitrogens is 3. The third kappa shape index (κ3) is 3.91. The molecule has 2 aromatic rings. The number of carbonyl (C=O) groups is 1. The van der Waals surface area contributed by atoms with Gasteiger partial charge in [-0.15, -0.1) is 0 Å². The Hall–Kier alpha value is -3.06. The molecule has 2 aromatic heterocycles. The maximum Gasteiger partial charge on any atom is 0.407 e. The molecular weight excluding hydrogens is 374 g/mol. The van der Waals surface area contributed by atoms with Crippen molar-refractivity contribution in [1.82, 2.24) is 24.8 Å². The van der Waals surface area contributed by atoms with Gasteiger partial charge in [0.25, 0.3) is 0 Å². The third-order valence-corrected chi connectivity index (χ3v) is 5.80. The number of amides is 1. The summed E-state index contributed by atoms with van der Waals surface area (Å²) in [5.74, 6) is 0.683. The van der Waals surface area contributed by atoms with Crippen molar-refractivity contribution in [2.24, 2.45) is 0 Å². The first kappa shape index (κ1) is 19.3. The molecule has 10 heteroatoms. The van der Waals surface area contributed by atoms with Gasteiger partial charge in [-0.05, 0) is 32.5 Å². The fraction of sp³-hybridized carbons (Fsp3) is 0.579. The molecule has 2 aliphatic heterocycles. The number of nitriles is 1. The van der Waals surface area contributed by atoms with Crippen LogP contribution in [0.25, 0.3) is 11.0 Å². The summed E-state index contributed by atoms with van der Waals surface area (Å²) in [6.07, 6.45) is 3.21. The molecule has 2 saturated heterocycles. The Balaban J connectivity index is 1.57. The van der Waals surface area contributed by atoms with E-state index in [1.165, 1.54) is 11.3 Å². The molecule has 4 heterocycles. The summed E-state index contributed by atoms with van der Waals surface area (Å²) in [7, 11) is 2.10. The van der Waals surface area contributed by atoms with Crippen LogP contribution in [0.3, 0.4) is 0 Å². The van der Waals surface area contributed by atoms with Gasteiger partial charge in [0.05, 0.1) is 24.0 Å². The quantitative estimate of drug-likeness (QED) is 0.776. The SMILES string of the molecule is CN1CCC[C@H]1COc1nc(N2CCN(C(=O)O)[C@@H](CC#N)C2)c2[nH]ccc2n1. The van der Waals surface area contributed by atoms with Gasteiger partial charge < -0.3 is 29.5 Å². The summed E-state index contributed by atoms with van der Waals surface area (Å²) in [5, 5.41) is 18.5. The predicted molar refractivity (Wildman–Crippen MR) is 106 cm³/mol. The Morgan fingerprint density at radius 3 is 2.97 bits per heavy atom. The van der Waals surface area contributed by atoms with E-state index in [0.717, 1.165) is 24.0 Å².